The summed E-state index contributed by atoms with van der Waals surface area (Å²) in [5.41, 5.74) is 7.60. The fourth-order valence-electron chi connectivity index (χ4n) is 2.46. The van der Waals surface area contributed by atoms with E-state index in [1.54, 1.807) is 0 Å². The summed E-state index contributed by atoms with van der Waals surface area (Å²) in [7, 11) is 0. The first-order valence-electron chi connectivity index (χ1n) is 7.08. The van der Waals surface area contributed by atoms with Crippen LogP contribution in [-0.4, -0.2) is 16.2 Å². The number of rotatable bonds is 4. The molecule has 0 amide bonds. The summed E-state index contributed by atoms with van der Waals surface area (Å²) in [4.78, 5) is 4.45. The lowest BCUT2D eigenvalue weighted by molar-refractivity contribution is 0.0245. The molecule has 1 fully saturated rings. The molecule has 1 aromatic heterocycles. The van der Waals surface area contributed by atoms with Gasteiger partial charge in [0.05, 0.1) is 6.10 Å². The number of benzene rings is 1. The molecule has 1 saturated heterocycles. The van der Waals surface area contributed by atoms with E-state index in [0.29, 0.717) is 24.4 Å². The van der Waals surface area contributed by atoms with Gasteiger partial charge in [-0.15, -0.1) is 12.4 Å². The summed E-state index contributed by atoms with van der Waals surface area (Å²) in [5.74, 6) is 1.19. The Morgan fingerprint density at radius 1 is 1.24 bits per heavy atom. The lowest BCUT2D eigenvalue weighted by Crippen LogP contribution is -2.04. The molecule has 6 heteroatoms. The van der Waals surface area contributed by atoms with Crippen LogP contribution in [0.5, 0.6) is 0 Å². The van der Waals surface area contributed by atoms with Crippen LogP contribution in [0, 0.1) is 0 Å². The second-order valence-corrected chi connectivity index (χ2v) is 5.09. The van der Waals surface area contributed by atoms with E-state index < -0.39 is 0 Å². The Balaban J connectivity index is 0.00000161. The highest BCUT2D eigenvalue weighted by atomic mass is 35.5. The predicted octanol–water partition coefficient (Wildman–Crippen LogP) is 3.25. The molecule has 2 atom stereocenters. The zero-order chi connectivity index (χ0) is 13.9. The highest BCUT2D eigenvalue weighted by Crippen LogP contribution is 2.33. The van der Waals surface area contributed by atoms with Crippen LogP contribution in [0.15, 0.2) is 28.8 Å². The molecule has 1 aliphatic rings. The third-order valence-electron chi connectivity index (χ3n) is 3.73. The molecule has 0 aliphatic carbocycles. The molecule has 0 radical (unpaired) electrons. The molecule has 2 N–H and O–H groups in total. The molecular formula is C15H20ClN3O2. The van der Waals surface area contributed by atoms with Gasteiger partial charge in [0.2, 0.25) is 5.82 Å². The Morgan fingerprint density at radius 2 is 2.00 bits per heavy atom. The summed E-state index contributed by atoms with van der Waals surface area (Å²) < 4.78 is 11.2. The zero-order valence-electron chi connectivity index (χ0n) is 12.0. The van der Waals surface area contributed by atoms with Gasteiger partial charge in [0.15, 0.2) is 0 Å². The number of aromatic nitrogens is 2. The number of nitrogens with two attached hydrogens (primary N) is 1. The van der Waals surface area contributed by atoms with Crippen molar-refractivity contribution >= 4 is 12.4 Å². The van der Waals surface area contributed by atoms with Gasteiger partial charge in [-0.05, 0) is 24.8 Å². The summed E-state index contributed by atoms with van der Waals surface area (Å²) >= 11 is 0. The van der Waals surface area contributed by atoms with Crippen molar-refractivity contribution in [3.63, 3.8) is 0 Å². The van der Waals surface area contributed by atoms with Crippen LogP contribution in [0.3, 0.4) is 0 Å². The molecule has 0 bridgehead atoms. The zero-order valence-corrected chi connectivity index (χ0v) is 12.8. The molecule has 0 saturated carbocycles. The van der Waals surface area contributed by atoms with Crippen LogP contribution in [-0.2, 0) is 11.3 Å². The number of hydrogen-bond acceptors (Lipinski definition) is 5. The molecule has 2 aromatic rings. The monoisotopic (exact) mass is 309 g/mol. The van der Waals surface area contributed by atoms with Crippen molar-refractivity contribution in [1.29, 1.82) is 0 Å². The number of ether oxygens (including phenoxy) is 1. The Kier molecular flexibility index (Phi) is 5.33. The Hall–Kier alpha value is -1.43. The van der Waals surface area contributed by atoms with Crippen LogP contribution in [0.1, 0.15) is 43.7 Å². The van der Waals surface area contributed by atoms with E-state index in [1.165, 1.54) is 0 Å². The molecule has 5 nitrogen and oxygen atoms in total. The second kappa shape index (κ2) is 7.02. The lowest BCUT2D eigenvalue weighted by Gasteiger charge is -2.07. The van der Waals surface area contributed by atoms with Gasteiger partial charge in [-0.3, -0.25) is 0 Å². The normalized spacial score (nSPS) is 21.2. The Bertz CT molecular complexity index is 571. The van der Waals surface area contributed by atoms with Crippen molar-refractivity contribution in [2.45, 2.75) is 44.9 Å². The molecule has 2 heterocycles. The van der Waals surface area contributed by atoms with Gasteiger partial charge in [-0.2, -0.15) is 4.98 Å². The van der Waals surface area contributed by atoms with Gasteiger partial charge in [-0.25, -0.2) is 0 Å². The minimum atomic E-state index is -0.0514. The van der Waals surface area contributed by atoms with Crippen LogP contribution < -0.4 is 5.73 Å². The average molecular weight is 310 g/mol. The van der Waals surface area contributed by atoms with E-state index in [1.807, 2.05) is 24.3 Å². The third kappa shape index (κ3) is 3.43. The van der Waals surface area contributed by atoms with Gasteiger partial charge < -0.3 is 15.0 Å². The van der Waals surface area contributed by atoms with Crippen molar-refractivity contribution in [3.05, 3.63) is 35.7 Å². The first-order valence-corrected chi connectivity index (χ1v) is 7.08. The molecular weight excluding hydrogens is 290 g/mol. The van der Waals surface area contributed by atoms with E-state index in [9.17, 15) is 0 Å². The largest absolute Gasteiger partial charge is 0.365 e. The van der Waals surface area contributed by atoms with Crippen LogP contribution in [0.25, 0.3) is 11.4 Å². The summed E-state index contributed by atoms with van der Waals surface area (Å²) in [5, 5.41) is 4.04. The van der Waals surface area contributed by atoms with Crippen molar-refractivity contribution in [2.75, 3.05) is 0 Å². The molecule has 1 aromatic carbocycles. The molecule has 114 valence electrons. The minimum Gasteiger partial charge on any atom is -0.365 e. The van der Waals surface area contributed by atoms with Crippen molar-refractivity contribution < 1.29 is 9.26 Å². The molecule has 0 spiro atoms. The lowest BCUT2D eigenvalue weighted by atomic mass is 10.1. The van der Waals surface area contributed by atoms with Gasteiger partial charge in [0.25, 0.3) is 5.89 Å². The van der Waals surface area contributed by atoms with Crippen molar-refractivity contribution in [3.8, 4) is 11.4 Å². The highest BCUT2D eigenvalue weighted by Gasteiger charge is 2.29. The minimum absolute atomic E-state index is 0. The smallest absolute Gasteiger partial charge is 0.256 e. The summed E-state index contributed by atoms with van der Waals surface area (Å²) in [6.07, 6.45) is 3.30. The van der Waals surface area contributed by atoms with Gasteiger partial charge in [0, 0.05) is 12.1 Å². The quantitative estimate of drug-likeness (QED) is 0.938. The van der Waals surface area contributed by atoms with Crippen LogP contribution in [0.4, 0.5) is 0 Å². The van der Waals surface area contributed by atoms with Gasteiger partial charge in [-0.1, -0.05) is 36.3 Å². The molecule has 3 rings (SSSR count). The Labute approximate surface area is 130 Å². The summed E-state index contributed by atoms with van der Waals surface area (Å²) in [6.45, 7) is 2.66. The second-order valence-electron chi connectivity index (χ2n) is 5.09. The maximum absolute atomic E-state index is 5.87. The van der Waals surface area contributed by atoms with Crippen LogP contribution in [0.2, 0.25) is 0 Å². The topological polar surface area (TPSA) is 74.2 Å². The first-order chi connectivity index (χ1) is 9.80. The van der Waals surface area contributed by atoms with Gasteiger partial charge >= 0.3 is 0 Å². The summed E-state index contributed by atoms with van der Waals surface area (Å²) in [6, 6.07) is 7.87. The maximum Gasteiger partial charge on any atom is 0.256 e. The van der Waals surface area contributed by atoms with E-state index in [0.717, 1.165) is 30.4 Å². The fourth-order valence-corrected chi connectivity index (χ4v) is 2.46. The predicted molar refractivity (Wildman–Crippen MR) is 82.0 cm³/mol. The fraction of sp³-hybridized carbons (Fsp3) is 0.467. The number of halogens is 1. The van der Waals surface area contributed by atoms with E-state index in [4.69, 9.17) is 15.0 Å². The maximum atomic E-state index is 5.87. The molecule has 2 unspecified atom stereocenters. The Morgan fingerprint density at radius 3 is 2.62 bits per heavy atom. The third-order valence-corrected chi connectivity index (χ3v) is 3.73. The SMILES string of the molecule is CCC1CCC(c2nc(-c3ccc(CN)cc3)no2)O1.Cl. The first kappa shape index (κ1) is 15.9. The van der Waals surface area contributed by atoms with E-state index in [2.05, 4.69) is 17.1 Å². The number of hydrogen-bond donors (Lipinski definition) is 1. The van der Waals surface area contributed by atoms with Crippen molar-refractivity contribution in [2.24, 2.45) is 5.73 Å². The van der Waals surface area contributed by atoms with E-state index >= 15 is 0 Å². The molecule has 1 aliphatic heterocycles. The number of nitrogens with zero attached hydrogens (tertiary/aromatic N) is 2. The van der Waals surface area contributed by atoms with Crippen LogP contribution >= 0.6 is 12.4 Å². The molecule has 21 heavy (non-hydrogen) atoms. The average Bonchev–Trinajstić information content (AvgIpc) is 3.16. The standard InChI is InChI=1S/C15H19N3O2.ClH/c1-2-12-7-8-13(19-12)15-17-14(18-20-15)11-5-3-10(9-16)4-6-11;/h3-6,12-13H,2,7-9,16H2,1H3;1H. The highest BCUT2D eigenvalue weighted by molar-refractivity contribution is 5.85. The van der Waals surface area contributed by atoms with Crippen molar-refractivity contribution in [1.82, 2.24) is 10.1 Å². The van der Waals surface area contributed by atoms with Gasteiger partial charge in [0.1, 0.15) is 6.10 Å². The van der Waals surface area contributed by atoms with E-state index in [-0.39, 0.29) is 18.5 Å².